The zero-order valence-electron chi connectivity index (χ0n) is 10.8. The van der Waals surface area contributed by atoms with Crippen molar-refractivity contribution in [3.63, 3.8) is 0 Å². The van der Waals surface area contributed by atoms with Crippen LogP contribution in [-0.4, -0.2) is 36.7 Å². The van der Waals surface area contributed by atoms with Gasteiger partial charge in [-0.2, -0.15) is 0 Å². The molecule has 0 amide bonds. The van der Waals surface area contributed by atoms with Crippen LogP contribution in [0.25, 0.3) is 0 Å². The van der Waals surface area contributed by atoms with E-state index in [4.69, 9.17) is 10.2 Å². The summed E-state index contributed by atoms with van der Waals surface area (Å²) in [5.74, 6) is -4.26. The molecule has 0 aromatic heterocycles. The van der Waals surface area contributed by atoms with Crippen LogP contribution in [0.4, 0.5) is 34.5 Å². The maximum Gasteiger partial charge on any atom is 1.00 e. The van der Waals surface area contributed by atoms with Crippen LogP contribution in [0.3, 0.4) is 0 Å². The van der Waals surface area contributed by atoms with E-state index in [1.165, 1.54) is 0 Å². The molecule has 0 aliphatic heterocycles. The Labute approximate surface area is 120 Å². The SMILES string of the molecule is C=CC(C(=O)O)C(=O)O.F[B-](F)(F)F.F[B-](F)(F)F.[H-].[Li+]. The van der Waals surface area contributed by atoms with E-state index in [1.807, 2.05) is 0 Å². The predicted octanol–water partition coefficient (Wildman–Crippen LogP) is -0.326. The minimum atomic E-state index is -6.00. The van der Waals surface area contributed by atoms with E-state index in [2.05, 4.69) is 6.58 Å². The van der Waals surface area contributed by atoms with Gasteiger partial charge in [0.25, 0.3) is 0 Å². The van der Waals surface area contributed by atoms with Gasteiger partial charge in [-0.15, -0.1) is 6.58 Å². The van der Waals surface area contributed by atoms with Crippen molar-refractivity contribution in [2.45, 2.75) is 0 Å². The van der Waals surface area contributed by atoms with Crippen molar-refractivity contribution >= 4 is 26.4 Å². The molecule has 0 radical (unpaired) electrons. The van der Waals surface area contributed by atoms with Crippen molar-refractivity contribution in [1.82, 2.24) is 0 Å². The summed E-state index contributed by atoms with van der Waals surface area (Å²) in [5.41, 5.74) is 0. The van der Waals surface area contributed by atoms with E-state index in [9.17, 15) is 44.1 Å². The van der Waals surface area contributed by atoms with Gasteiger partial charge in [-0.05, 0) is 0 Å². The summed E-state index contributed by atoms with van der Waals surface area (Å²) >= 11 is 0. The van der Waals surface area contributed by atoms with Crippen LogP contribution in [0.1, 0.15) is 1.43 Å². The van der Waals surface area contributed by atoms with Crippen molar-refractivity contribution in [3.05, 3.63) is 12.7 Å². The topological polar surface area (TPSA) is 74.6 Å². The third-order valence-electron chi connectivity index (χ3n) is 0.768. The van der Waals surface area contributed by atoms with Gasteiger partial charge >= 0.3 is 45.3 Å². The maximum atomic E-state index is 9.92. The molecule has 0 heterocycles. The summed E-state index contributed by atoms with van der Waals surface area (Å²) in [7, 11) is -12.0. The van der Waals surface area contributed by atoms with E-state index in [-0.39, 0.29) is 20.3 Å². The average Bonchev–Trinajstić information content (AvgIpc) is 1.95. The molecule has 0 saturated heterocycles. The van der Waals surface area contributed by atoms with Crippen LogP contribution >= 0.6 is 0 Å². The second-order valence-corrected chi connectivity index (χ2v) is 2.38. The van der Waals surface area contributed by atoms with Gasteiger partial charge in [0.2, 0.25) is 0 Å². The first kappa shape index (κ1) is 27.2. The fraction of sp³-hybridized carbons (Fsp3) is 0.200. The van der Waals surface area contributed by atoms with E-state index >= 15 is 0 Å². The Morgan fingerprint density at radius 3 is 1.05 bits per heavy atom. The average molecular weight is 312 g/mol. The second-order valence-electron chi connectivity index (χ2n) is 2.38. The molecule has 116 valence electrons. The summed E-state index contributed by atoms with van der Waals surface area (Å²) in [6.45, 7) is 3.04. The fourth-order valence-electron chi connectivity index (χ4n) is 0.307. The van der Waals surface area contributed by atoms with Crippen LogP contribution in [0.2, 0.25) is 0 Å². The maximum absolute atomic E-state index is 9.92. The molecular formula is C5H7B2F8LiO4-2. The first-order chi connectivity index (χ1) is 8.09. The molecule has 4 nitrogen and oxygen atoms in total. The molecule has 0 aromatic rings. The number of carboxylic acids is 2. The van der Waals surface area contributed by atoms with Crippen LogP contribution in [0.5, 0.6) is 0 Å². The number of rotatable bonds is 3. The van der Waals surface area contributed by atoms with Gasteiger partial charge in [-0.3, -0.25) is 9.59 Å². The van der Waals surface area contributed by atoms with Gasteiger partial charge in [0.1, 0.15) is 0 Å². The normalized spacial score (nSPS) is 10.1. The summed E-state index contributed by atoms with van der Waals surface area (Å²) in [5, 5.41) is 16.2. The van der Waals surface area contributed by atoms with Crippen molar-refractivity contribution in [2.24, 2.45) is 5.92 Å². The summed E-state index contributed by atoms with van der Waals surface area (Å²) in [4.78, 5) is 19.8. The predicted molar refractivity (Wildman–Crippen MR) is 50.4 cm³/mol. The quantitative estimate of drug-likeness (QED) is 0.324. The Morgan fingerprint density at radius 2 is 1.05 bits per heavy atom. The van der Waals surface area contributed by atoms with Gasteiger partial charge in [0.05, 0.1) is 0 Å². The molecule has 0 atom stereocenters. The summed E-state index contributed by atoms with van der Waals surface area (Å²) in [6.07, 6.45) is 0.866. The molecule has 0 unspecified atom stereocenters. The van der Waals surface area contributed by atoms with E-state index in [0.717, 1.165) is 6.08 Å². The zero-order chi connectivity index (χ0) is 16.4. The third-order valence-corrected chi connectivity index (χ3v) is 0.768. The summed E-state index contributed by atoms with van der Waals surface area (Å²) in [6, 6.07) is 0. The van der Waals surface area contributed by atoms with Crippen LogP contribution < -0.4 is 18.9 Å². The fourth-order valence-corrected chi connectivity index (χ4v) is 0.307. The van der Waals surface area contributed by atoms with Crippen LogP contribution in [0, 0.1) is 5.92 Å². The van der Waals surface area contributed by atoms with Gasteiger partial charge in [0, 0.05) is 0 Å². The molecular weight excluding hydrogens is 305 g/mol. The number of hydrogen-bond donors (Lipinski definition) is 2. The van der Waals surface area contributed by atoms with Crippen molar-refractivity contribution in [1.29, 1.82) is 0 Å². The first-order valence-corrected chi connectivity index (χ1v) is 3.92. The first-order valence-electron chi connectivity index (χ1n) is 3.92. The van der Waals surface area contributed by atoms with Crippen molar-refractivity contribution < 1.29 is 74.6 Å². The van der Waals surface area contributed by atoms with Crippen molar-refractivity contribution in [3.8, 4) is 0 Å². The molecule has 0 spiro atoms. The van der Waals surface area contributed by atoms with Crippen LogP contribution in [0.15, 0.2) is 12.7 Å². The van der Waals surface area contributed by atoms with E-state index in [1.54, 1.807) is 0 Å². The molecule has 0 fully saturated rings. The zero-order valence-corrected chi connectivity index (χ0v) is 9.75. The smallest absolute Gasteiger partial charge is 1.00 e. The Kier molecular flexibility index (Phi) is 15.9. The molecule has 0 aromatic carbocycles. The molecule has 0 aliphatic rings. The molecule has 0 bridgehead atoms. The second kappa shape index (κ2) is 11.7. The molecule has 0 aliphatic carbocycles. The molecule has 0 saturated carbocycles. The minimum absolute atomic E-state index is 0. The van der Waals surface area contributed by atoms with Crippen LogP contribution in [-0.2, 0) is 9.59 Å². The van der Waals surface area contributed by atoms with E-state index in [0.29, 0.717) is 0 Å². The molecule has 2 N–H and O–H groups in total. The van der Waals surface area contributed by atoms with Gasteiger partial charge < -0.3 is 46.2 Å². The van der Waals surface area contributed by atoms with E-state index < -0.39 is 32.4 Å². The van der Waals surface area contributed by atoms with Gasteiger partial charge in [-0.1, -0.05) is 6.08 Å². The molecule has 15 heteroatoms. The van der Waals surface area contributed by atoms with Gasteiger partial charge in [-0.25, -0.2) is 0 Å². The number of carbonyl (C=O) groups is 2. The Bertz CT molecular complexity index is 274. The number of halogens is 8. The standard InChI is InChI=1S/C5H6O4.2BF4.Li.H/c1-2-3(4(6)7)5(8)9;2*2-1(3,4)5;;/h2-3H,1H2,(H,6,7)(H,8,9);;;;/q;2*-1;+1;-1. The Hall–Kier alpha value is -1.15. The summed E-state index contributed by atoms with van der Waals surface area (Å²) < 4.78 is 78.0. The monoisotopic (exact) mass is 312 g/mol. The largest absolute Gasteiger partial charge is 1.00 e. The number of hydrogen-bond acceptors (Lipinski definition) is 2. The Morgan fingerprint density at radius 1 is 0.900 bits per heavy atom. The molecule has 0 rings (SSSR count). The number of carboxylic acid groups (broad SMARTS) is 2. The Balaban J connectivity index is -0.0000000622. The van der Waals surface area contributed by atoms with Crippen molar-refractivity contribution in [2.75, 3.05) is 0 Å². The molecule has 20 heavy (non-hydrogen) atoms. The minimum Gasteiger partial charge on any atom is -1.00 e. The third kappa shape index (κ3) is 54.1. The number of aliphatic carboxylic acids is 2. The van der Waals surface area contributed by atoms with Gasteiger partial charge in [0.15, 0.2) is 5.92 Å².